The van der Waals surface area contributed by atoms with Crippen molar-refractivity contribution < 1.29 is 9.90 Å². The summed E-state index contributed by atoms with van der Waals surface area (Å²) in [7, 11) is 0. The number of carbonyl (C=O) groups is 1. The number of nitrogen functional groups attached to an aromatic ring is 1. The molecule has 2 aromatic rings. The van der Waals surface area contributed by atoms with E-state index in [0.717, 1.165) is 17.5 Å². The second-order valence-electron chi connectivity index (χ2n) is 4.81. The van der Waals surface area contributed by atoms with Crippen molar-refractivity contribution in [1.82, 2.24) is 4.57 Å². The number of hydrogen-bond donors (Lipinski definition) is 2. The van der Waals surface area contributed by atoms with E-state index < -0.39 is 5.97 Å². The number of carboxylic acid groups (broad SMARTS) is 1. The largest absolute Gasteiger partial charge is 0.477 e. The normalized spacial score (nSPS) is 12.3. The number of nitrogens with two attached hydrogens (primary N) is 1. The predicted molar refractivity (Wildman–Crippen MR) is 80.4 cm³/mol. The summed E-state index contributed by atoms with van der Waals surface area (Å²) in [5, 5.41) is 9.91. The van der Waals surface area contributed by atoms with Gasteiger partial charge in [0.15, 0.2) is 0 Å². The molecule has 0 saturated carbocycles. The summed E-state index contributed by atoms with van der Waals surface area (Å²) in [4.78, 5) is 11.4. The zero-order valence-corrected chi connectivity index (χ0v) is 12.2. The monoisotopic (exact) mass is 292 g/mol. The lowest BCUT2D eigenvalue weighted by molar-refractivity contribution is 0.0683. The lowest BCUT2D eigenvalue weighted by atomic mass is 10.0. The predicted octanol–water partition coefficient (Wildman–Crippen LogP) is 3.73. The number of halogens is 1. The number of nitrogens with zero attached hydrogens (tertiary/aromatic N) is 1. The Morgan fingerprint density at radius 3 is 2.75 bits per heavy atom. The number of aryl methyl sites for hydroxylation is 1. The summed E-state index contributed by atoms with van der Waals surface area (Å²) in [6.07, 6.45) is 2.55. The minimum absolute atomic E-state index is 0.145. The highest BCUT2D eigenvalue weighted by Crippen LogP contribution is 2.31. The van der Waals surface area contributed by atoms with Crippen LogP contribution in [0.3, 0.4) is 0 Å². The quantitative estimate of drug-likeness (QED) is 0.844. The van der Waals surface area contributed by atoms with Crippen LogP contribution in [0.5, 0.6) is 0 Å². The molecule has 20 heavy (non-hydrogen) atoms. The number of hydrogen-bond acceptors (Lipinski definition) is 2. The van der Waals surface area contributed by atoms with Crippen molar-refractivity contribution in [1.29, 1.82) is 0 Å². The summed E-state index contributed by atoms with van der Waals surface area (Å²) in [5.41, 5.74) is 8.64. The number of aromatic carboxylic acids is 1. The molecule has 3 N–H and O–H groups in total. The minimum atomic E-state index is -0.947. The van der Waals surface area contributed by atoms with Gasteiger partial charge >= 0.3 is 5.97 Å². The Balaban J connectivity index is 2.58. The molecule has 1 aromatic carbocycles. The van der Waals surface area contributed by atoms with Gasteiger partial charge in [0.25, 0.3) is 0 Å². The molecule has 0 fully saturated rings. The lowest BCUT2D eigenvalue weighted by Gasteiger charge is -2.21. The van der Waals surface area contributed by atoms with E-state index in [1.165, 1.54) is 0 Å². The van der Waals surface area contributed by atoms with Crippen LogP contribution in [0.4, 0.5) is 5.69 Å². The lowest BCUT2D eigenvalue weighted by Crippen LogP contribution is -2.16. The van der Waals surface area contributed by atoms with Crippen molar-refractivity contribution in [3.05, 3.63) is 52.3 Å². The molecule has 1 aromatic heterocycles. The second kappa shape index (κ2) is 5.59. The third kappa shape index (κ3) is 2.65. The third-order valence-corrected chi connectivity index (χ3v) is 3.57. The van der Waals surface area contributed by atoms with E-state index in [-0.39, 0.29) is 11.7 Å². The summed E-state index contributed by atoms with van der Waals surface area (Å²) in [6, 6.07) is 6.79. The Bertz CT molecular complexity index is 649. The molecule has 1 atom stereocenters. The topological polar surface area (TPSA) is 68.2 Å². The molecule has 0 aliphatic rings. The highest BCUT2D eigenvalue weighted by Gasteiger charge is 2.20. The average molecular weight is 293 g/mol. The third-order valence-electron chi connectivity index (χ3n) is 3.33. The van der Waals surface area contributed by atoms with Crippen LogP contribution >= 0.6 is 11.6 Å². The highest BCUT2D eigenvalue weighted by atomic mass is 35.5. The SMILES string of the molecule is CCC(c1cc(Cl)ccc1N)n1cc(C)cc1C(=O)O. The van der Waals surface area contributed by atoms with Crippen LogP contribution in [0, 0.1) is 6.92 Å². The highest BCUT2D eigenvalue weighted by molar-refractivity contribution is 6.30. The molecule has 0 aliphatic carbocycles. The Hall–Kier alpha value is -1.94. The van der Waals surface area contributed by atoms with Crippen LogP contribution in [0.25, 0.3) is 0 Å². The molecule has 1 unspecified atom stereocenters. The van der Waals surface area contributed by atoms with Crippen LogP contribution in [-0.2, 0) is 0 Å². The van der Waals surface area contributed by atoms with E-state index in [4.69, 9.17) is 17.3 Å². The fourth-order valence-corrected chi connectivity index (χ4v) is 2.63. The number of anilines is 1. The Morgan fingerprint density at radius 1 is 1.45 bits per heavy atom. The fraction of sp³-hybridized carbons (Fsp3) is 0.267. The summed E-state index contributed by atoms with van der Waals surface area (Å²) < 4.78 is 1.75. The molecule has 0 aliphatic heterocycles. The number of rotatable bonds is 4. The van der Waals surface area contributed by atoms with Gasteiger partial charge < -0.3 is 15.4 Å². The number of carboxylic acids is 1. The van der Waals surface area contributed by atoms with Crippen molar-refractivity contribution in [3.63, 3.8) is 0 Å². The molecule has 5 heteroatoms. The molecular formula is C15H17ClN2O2. The Kier molecular flexibility index (Phi) is 4.04. The first kappa shape index (κ1) is 14.5. The maximum atomic E-state index is 11.4. The summed E-state index contributed by atoms with van der Waals surface area (Å²) in [5.74, 6) is -0.947. The summed E-state index contributed by atoms with van der Waals surface area (Å²) >= 11 is 6.03. The van der Waals surface area contributed by atoms with E-state index in [2.05, 4.69) is 0 Å². The van der Waals surface area contributed by atoms with E-state index in [1.54, 1.807) is 28.8 Å². The number of benzene rings is 1. The Labute approximate surface area is 122 Å². The van der Waals surface area contributed by atoms with Crippen LogP contribution in [0.1, 0.15) is 41.0 Å². The first-order valence-corrected chi connectivity index (χ1v) is 6.78. The van der Waals surface area contributed by atoms with Gasteiger partial charge in [-0.1, -0.05) is 18.5 Å². The van der Waals surface area contributed by atoms with Gasteiger partial charge in [-0.2, -0.15) is 0 Å². The zero-order chi connectivity index (χ0) is 14.9. The first-order valence-electron chi connectivity index (χ1n) is 6.40. The van der Waals surface area contributed by atoms with Gasteiger partial charge in [0.1, 0.15) is 5.69 Å². The second-order valence-corrected chi connectivity index (χ2v) is 5.25. The first-order chi connectivity index (χ1) is 9.43. The maximum absolute atomic E-state index is 11.4. The molecule has 0 saturated heterocycles. The molecule has 2 rings (SSSR count). The molecule has 0 radical (unpaired) electrons. The van der Waals surface area contributed by atoms with Gasteiger partial charge in [-0.25, -0.2) is 4.79 Å². The molecule has 1 heterocycles. The van der Waals surface area contributed by atoms with Crippen LogP contribution < -0.4 is 5.73 Å². The molecule has 106 valence electrons. The van der Waals surface area contributed by atoms with E-state index in [1.807, 2.05) is 20.0 Å². The van der Waals surface area contributed by atoms with Gasteiger partial charge in [0.2, 0.25) is 0 Å². The summed E-state index contributed by atoms with van der Waals surface area (Å²) in [6.45, 7) is 3.86. The fourth-order valence-electron chi connectivity index (χ4n) is 2.45. The molecule has 0 bridgehead atoms. The van der Waals surface area contributed by atoms with E-state index in [9.17, 15) is 9.90 Å². The van der Waals surface area contributed by atoms with Gasteiger partial charge in [0, 0.05) is 16.9 Å². The van der Waals surface area contributed by atoms with Crippen molar-refractivity contribution >= 4 is 23.3 Å². The van der Waals surface area contributed by atoms with E-state index >= 15 is 0 Å². The van der Waals surface area contributed by atoms with E-state index in [0.29, 0.717) is 10.7 Å². The zero-order valence-electron chi connectivity index (χ0n) is 11.4. The average Bonchev–Trinajstić information content (AvgIpc) is 2.77. The van der Waals surface area contributed by atoms with Gasteiger partial charge in [-0.15, -0.1) is 0 Å². The van der Waals surface area contributed by atoms with Gasteiger partial charge in [-0.05, 0) is 48.7 Å². The number of aromatic nitrogens is 1. The smallest absolute Gasteiger partial charge is 0.352 e. The van der Waals surface area contributed by atoms with Crippen molar-refractivity contribution in [2.45, 2.75) is 26.3 Å². The molecule has 0 amide bonds. The van der Waals surface area contributed by atoms with Crippen LogP contribution in [0.15, 0.2) is 30.5 Å². The van der Waals surface area contributed by atoms with Crippen LogP contribution in [-0.4, -0.2) is 15.6 Å². The minimum Gasteiger partial charge on any atom is -0.477 e. The van der Waals surface area contributed by atoms with Crippen LogP contribution in [0.2, 0.25) is 5.02 Å². The maximum Gasteiger partial charge on any atom is 0.352 e. The van der Waals surface area contributed by atoms with Gasteiger partial charge in [-0.3, -0.25) is 0 Å². The Morgan fingerprint density at radius 2 is 2.15 bits per heavy atom. The molecule has 4 nitrogen and oxygen atoms in total. The van der Waals surface area contributed by atoms with Crippen molar-refractivity contribution in [3.8, 4) is 0 Å². The molecular weight excluding hydrogens is 276 g/mol. The van der Waals surface area contributed by atoms with Crippen molar-refractivity contribution in [2.75, 3.05) is 5.73 Å². The van der Waals surface area contributed by atoms with Gasteiger partial charge in [0.05, 0.1) is 6.04 Å². The standard InChI is InChI=1S/C15H17ClN2O2/c1-3-13(11-7-10(16)4-5-12(11)17)18-8-9(2)6-14(18)15(19)20/h4-8,13H,3,17H2,1-2H3,(H,19,20). The van der Waals surface area contributed by atoms with Crippen molar-refractivity contribution in [2.24, 2.45) is 0 Å². The molecule has 0 spiro atoms.